The van der Waals surface area contributed by atoms with Crippen molar-refractivity contribution in [3.63, 3.8) is 0 Å². The third kappa shape index (κ3) is 6.64. The summed E-state index contributed by atoms with van der Waals surface area (Å²) in [5.74, 6) is 1.14. The summed E-state index contributed by atoms with van der Waals surface area (Å²) >= 11 is 11.8. The van der Waals surface area contributed by atoms with Crippen LogP contribution < -0.4 is 20.3 Å². The number of ether oxygens (including phenoxy) is 1. The van der Waals surface area contributed by atoms with Crippen LogP contribution in [0, 0.1) is 6.92 Å². The summed E-state index contributed by atoms with van der Waals surface area (Å²) in [6.07, 6.45) is 1.67. The minimum Gasteiger partial charge on any atom is -0.492 e. The van der Waals surface area contributed by atoms with Gasteiger partial charge in [-0.3, -0.25) is 4.79 Å². The van der Waals surface area contributed by atoms with Crippen molar-refractivity contribution in [2.24, 2.45) is 0 Å². The number of rotatable bonds is 8. The highest BCUT2D eigenvalue weighted by atomic mass is 35.5. The van der Waals surface area contributed by atoms with Crippen molar-refractivity contribution >= 4 is 40.8 Å². The topological polar surface area (TPSA) is 105 Å². The third-order valence-corrected chi connectivity index (χ3v) is 6.64. The predicted octanol–water partition coefficient (Wildman–Crippen LogP) is 3.54. The highest BCUT2D eigenvalue weighted by Crippen LogP contribution is 2.29. The van der Waals surface area contributed by atoms with Gasteiger partial charge in [-0.15, -0.1) is 0 Å². The van der Waals surface area contributed by atoms with E-state index in [4.69, 9.17) is 27.9 Å². The number of anilines is 1. The molecule has 37 heavy (non-hydrogen) atoms. The number of carbonyl (C=O) groups excluding carboxylic acids is 2. The van der Waals surface area contributed by atoms with E-state index in [0.717, 1.165) is 17.1 Å². The van der Waals surface area contributed by atoms with Gasteiger partial charge < -0.3 is 25.2 Å². The van der Waals surface area contributed by atoms with E-state index in [0.29, 0.717) is 67.3 Å². The molecule has 12 heteroatoms. The molecule has 1 aliphatic rings. The standard InChI is InChI=1S/C25H29Cl2N7O3/c1-3-37-23-15-19(5-7-22(23)34-16-30-17(2)31-34)32-10-12-33(13-11-32)25(36)29-9-8-28-24(35)18-4-6-20(26)21(27)14-18/h4-7,14-16H,3,8-13H2,1-2H3,(H,28,35)(H,29,36). The number of amides is 3. The van der Waals surface area contributed by atoms with Crippen LogP contribution in [0.4, 0.5) is 10.5 Å². The van der Waals surface area contributed by atoms with Crippen LogP contribution in [0.2, 0.25) is 10.0 Å². The second kappa shape index (κ2) is 12.2. The van der Waals surface area contributed by atoms with Crippen molar-refractivity contribution in [3.8, 4) is 11.4 Å². The fourth-order valence-electron chi connectivity index (χ4n) is 3.99. The number of aryl methyl sites for hydroxylation is 1. The normalized spacial score (nSPS) is 13.4. The Morgan fingerprint density at radius 2 is 1.76 bits per heavy atom. The molecule has 1 aliphatic heterocycles. The summed E-state index contributed by atoms with van der Waals surface area (Å²) in [7, 11) is 0. The van der Waals surface area contributed by atoms with Crippen LogP contribution in [0.25, 0.3) is 5.69 Å². The van der Waals surface area contributed by atoms with Crippen LogP contribution in [0.1, 0.15) is 23.1 Å². The Bertz CT molecular complexity index is 1260. The number of piperazine rings is 1. The van der Waals surface area contributed by atoms with E-state index >= 15 is 0 Å². The molecule has 2 heterocycles. The van der Waals surface area contributed by atoms with Crippen molar-refractivity contribution in [3.05, 3.63) is 64.2 Å². The Morgan fingerprint density at radius 3 is 2.43 bits per heavy atom. The molecule has 0 unspecified atom stereocenters. The van der Waals surface area contributed by atoms with Gasteiger partial charge in [0.2, 0.25) is 0 Å². The van der Waals surface area contributed by atoms with E-state index in [9.17, 15) is 9.59 Å². The molecule has 1 fully saturated rings. The maximum atomic E-state index is 12.6. The van der Waals surface area contributed by atoms with Crippen molar-refractivity contribution < 1.29 is 14.3 Å². The lowest BCUT2D eigenvalue weighted by Gasteiger charge is -2.36. The molecule has 0 radical (unpaired) electrons. The van der Waals surface area contributed by atoms with Gasteiger partial charge in [0.05, 0.1) is 16.7 Å². The molecule has 0 atom stereocenters. The van der Waals surface area contributed by atoms with Gasteiger partial charge in [0.1, 0.15) is 23.6 Å². The molecule has 1 saturated heterocycles. The van der Waals surface area contributed by atoms with Gasteiger partial charge >= 0.3 is 6.03 Å². The smallest absolute Gasteiger partial charge is 0.317 e. The molecular formula is C25H29Cl2N7O3. The summed E-state index contributed by atoms with van der Waals surface area (Å²) in [6.45, 7) is 7.46. The zero-order valence-corrected chi connectivity index (χ0v) is 22.2. The van der Waals surface area contributed by atoms with Gasteiger partial charge in [0.25, 0.3) is 5.91 Å². The van der Waals surface area contributed by atoms with E-state index in [1.54, 1.807) is 28.0 Å². The van der Waals surface area contributed by atoms with Crippen LogP contribution in [0.3, 0.4) is 0 Å². The Kier molecular flexibility index (Phi) is 8.73. The summed E-state index contributed by atoms with van der Waals surface area (Å²) in [5.41, 5.74) is 2.26. The second-order valence-corrected chi connectivity index (χ2v) is 9.23. The number of urea groups is 1. The Labute approximate surface area is 225 Å². The molecule has 2 aromatic carbocycles. The average molecular weight is 546 g/mol. The summed E-state index contributed by atoms with van der Waals surface area (Å²) in [5, 5.41) is 10.7. The van der Waals surface area contributed by atoms with Gasteiger partial charge in [-0.1, -0.05) is 23.2 Å². The molecule has 3 aromatic rings. The van der Waals surface area contributed by atoms with Gasteiger partial charge in [0, 0.05) is 56.6 Å². The lowest BCUT2D eigenvalue weighted by Crippen LogP contribution is -2.52. The van der Waals surface area contributed by atoms with Crippen LogP contribution in [0.5, 0.6) is 5.75 Å². The van der Waals surface area contributed by atoms with Crippen LogP contribution >= 0.6 is 23.2 Å². The van der Waals surface area contributed by atoms with Crippen molar-refractivity contribution in [2.45, 2.75) is 13.8 Å². The number of carbonyl (C=O) groups is 2. The number of hydrogen-bond donors (Lipinski definition) is 2. The maximum absolute atomic E-state index is 12.6. The van der Waals surface area contributed by atoms with E-state index in [-0.39, 0.29) is 11.9 Å². The lowest BCUT2D eigenvalue weighted by atomic mass is 10.2. The van der Waals surface area contributed by atoms with Crippen LogP contribution in [-0.2, 0) is 0 Å². The minimum atomic E-state index is -0.280. The van der Waals surface area contributed by atoms with Crippen molar-refractivity contribution in [1.82, 2.24) is 30.3 Å². The molecule has 2 N–H and O–H groups in total. The van der Waals surface area contributed by atoms with Crippen molar-refractivity contribution in [1.29, 1.82) is 0 Å². The van der Waals surface area contributed by atoms with E-state index in [1.807, 2.05) is 32.0 Å². The van der Waals surface area contributed by atoms with Gasteiger partial charge in [-0.25, -0.2) is 14.5 Å². The van der Waals surface area contributed by atoms with Gasteiger partial charge in [0.15, 0.2) is 0 Å². The van der Waals surface area contributed by atoms with Crippen LogP contribution in [-0.4, -0.2) is 77.5 Å². The molecule has 196 valence electrons. The second-order valence-electron chi connectivity index (χ2n) is 8.41. The first-order chi connectivity index (χ1) is 17.9. The monoisotopic (exact) mass is 545 g/mol. The summed E-state index contributed by atoms with van der Waals surface area (Å²) in [6, 6.07) is 10.5. The number of halogens is 2. The molecule has 1 aromatic heterocycles. The lowest BCUT2D eigenvalue weighted by molar-refractivity contribution is 0.0953. The molecular weight excluding hydrogens is 517 g/mol. The number of nitrogens with one attached hydrogen (secondary N) is 2. The number of hydrogen-bond acceptors (Lipinski definition) is 6. The predicted molar refractivity (Wildman–Crippen MR) is 143 cm³/mol. The average Bonchev–Trinajstić information content (AvgIpc) is 3.34. The third-order valence-electron chi connectivity index (χ3n) is 5.90. The fraction of sp³-hybridized carbons (Fsp3) is 0.360. The zero-order chi connectivity index (χ0) is 26.4. The number of aromatic nitrogens is 3. The molecule has 0 spiro atoms. The minimum absolute atomic E-state index is 0.157. The largest absolute Gasteiger partial charge is 0.492 e. The molecule has 4 rings (SSSR count). The SMILES string of the molecule is CCOc1cc(N2CCN(C(=O)NCCNC(=O)c3ccc(Cl)c(Cl)c3)CC2)ccc1-n1cnc(C)n1. The maximum Gasteiger partial charge on any atom is 0.317 e. The van der Waals surface area contributed by atoms with Gasteiger partial charge in [-0.2, -0.15) is 5.10 Å². The van der Waals surface area contributed by atoms with Crippen molar-refractivity contribution in [2.75, 3.05) is 50.8 Å². The Hall–Kier alpha value is -3.50. The summed E-state index contributed by atoms with van der Waals surface area (Å²) in [4.78, 5) is 33.0. The molecule has 3 amide bonds. The highest BCUT2D eigenvalue weighted by molar-refractivity contribution is 6.42. The first-order valence-corrected chi connectivity index (χ1v) is 12.8. The molecule has 0 bridgehead atoms. The fourth-order valence-corrected chi connectivity index (χ4v) is 4.28. The van der Waals surface area contributed by atoms with E-state index in [2.05, 4.69) is 25.6 Å². The van der Waals surface area contributed by atoms with E-state index in [1.165, 1.54) is 6.07 Å². The van der Waals surface area contributed by atoms with Crippen LogP contribution in [0.15, 0.2) is 42.7 Å². The van der Waals surface area contributed by atoms with Gasteiger partial charge in [-0.05, 0) is 44.2 Å². The Morgan fingerprint density at radius 1 is 1.00 bits per heavy atom. The zero-order valence-electron chi connectivity index (χ0n) is 20.7. The molecule has 10 nitrogen and oxygen atoms in total. The number of benzene rings is 2. The highest BCUT2D eigenvalue weighted by Gasteiger charge is 2.22. The molecule has 0 aliphatic carbocycles. The first-order valence-electron chi connectivity index (χ1n) is 12.0. The number of nitrogens with zero attached hydrogens (tertiary/aromatic N) is 5. The quantitative estimate of drug-likeness (QED) is 0.419. The van der Waals surface area contributed by atoms with E-state index < -0.39 is 0 Å². The Balaban J connectivity index is 1.25. The first kappa shape index (κ1) is 26.6. The molecule has 0 saturated carbocycles. The summed E-state index contributed by atoms with van der Waals surface area (Å²) < 4.78 is 7.58.